The van der Waals surface area contributed by atoms with Crippen molar-refractivity contribution in [1.82, 2.24) is 5.32 Å². The van der Waals surface area contributed by atoms with Gasteiger partial charge in [-0.15, -0.1) is 0 Å². The third kappa shape index (κ3) is 4.28. The first-order valence-corrected chi connectivity index (χ1v) is 7.20. The summed E-state index contributed by atoms with van der Waals surface area (Å²) in [7, 11) is 0. The number of nitrogens with one attached hydrogen (secondary N) is 1. The Labute approximate surface area is 128 Å². The van der Waals surface area contributed by atoms with E-state index in [-0.39, 0.29) is 16.7 Å². The van der Waals surface area contributed by atoms with Crippen LogP contribution in [0.25, 0.3) is 0 Å². The Kier molecular flexibility index (Phi) is 5.31. The van der Waals surface area contributed by atoms with E-state index in [1.807, 2.05) is 31.2 Å². The zero-order chi connectivity index (χ0) is 15.2. The second kappa shape index (κ2) is 7.20. The molecule has 0 bridgehead atoms. The minimum atomic E-state index is -0.386. The van der Waals surface area contributed by atoms with Crippen molar-refractivity contribution >= 4 is 17.3 Å². The van der Waals surface area contributed by atoms with Crippen LogP contribution in [0.1, 0.15) is 24.1 Å². The molecule has 4 nitrogen and oxygen atoms in total. The summed E-state index contributed by atoms with van der Waals surface area (Å²) in [5, 5.41) is 14.8. The van der Waals surface area contributed by atoms with E-state index in [4.69, 9.17) is 11.6 Å². The van der Waals surface area contributed by atoms with Crippen LogP contribution in [0.4, 0.5) is 5.69 Å². The van der Waals surface area contributed by atoms with Crippen molar-refractivity contribution in [2.24, 2.45) is 0 Å². The first-order chi connectivity index (χ1) is 10.1. The molecule has 0 saturated carbocycles. The summed E-state index contributed by atoms with van der Waals surface area (Å²) in [5.41, 5.74) is 2.27. The fraction of sp³-hybridized carbons (Fsp3) is 0.250. The lowest BCUT2D eigenvalue weighted by Crippen LogP contribution is -2.22. The fourth-order valence-corrected chi connectivity index (χ4v) is 2.47. The first kappa shape index (κ1) is 15.5. The smallest absolute Gasteiger partial charge is 0.269 e. The number of likely N-dealkylation sites (N-methyl/N-ethyl adjacent to an activating group) is 1. The molecule has 0 saturated heterocycles. The molecule has 0 aromatic heterocycles. The Morgan fingerprint density at radius 1 is 1.24 bits per heavy atom. The molecule has 21 heavy (non-hydrogen) atoms. The molecule has 0 spiro atoms. The third-order valence-electron chi connectivity index (χ3n) is 3.29. The van der Waals surface area contributed by atoms with E-state index < -0.39 is 0 Å². The van der Waals surface area contributed by atoms with Crippen LogP contribution >= 0.6 is 11.6 Å². The number of hydrogen-bond donors (Lipinski definition) is 1. The van der Waals surface area contributed by atoms with Crippen molar-refractivity contribution in [3.05, 3.63) is 74.8 Å². The maximum atomic E-state index is 10.7. The molecular weight excluding hydrogens is 288 g/mol. The van der Waals surface area contributed by atoms with Crippen LogP contribution in [-0.4, -0.2) is 11.5 Å². The standard InChI is InChI=1S/C16H17ClN2O2/c1-2-18-16(13-4-3-5-14(17)11-13)10-12-6-8-15(9-7-12)19(20)21/h3-9,11,16,18H,2,10H2,1H3. The van der Waals surface area contributed by atoms with Gasteiger partial charge in [-0.3, -0.25) is 10.1 Å². The molecule has 2 aromatic carbocycles. The van der Waals surface area contributed by atoms with Gasteiger partial charge in [0.1, 0.15) is 0 Å². The lowest BCUT2D eigenvalue weighted by Gasteiger charge is -2.18. The van der Waals surface area contributed by atoms with Crippen molar-refractivity contribution < 1.29 is 4.92 Å². The van der Waals surface area contributed by atoms with Crippen LogP contribution < -0.4 is 5.32 Å². The highest BCUT2D eigenvalue weighted by Gasteiger charge is 2.12. The highest BCUT2D eigenvalue weighted by atomic mass is 35.5. The van der Waals surface area contributed by atoms with Gasteiger partial charge in [-0.2, -0.15) is 0 Å². The second-order valence-electron chi connectivity index (χ2n) is 4.79. The van der Waals surface area contributed by atoms with E-state index >= 15 is 0 Å². The third-order valence-corrected chi connectivity index (χ3v) is 3.52. The number of nitro benzene ring substituents is 1. The van der Waals surface area contributed by atoms with Crippen molar-refractivity contribution in [1.29, 1.82) is 0 Å². The van der Waals surface area contributed by atoms with Gasteiger partial charge in [0.05, 0.1) is 4.92 Å². The molecule has 0 aliphatic rings. The minimum absolute atomic E-state index is 0.113. The highest BCUT2D eigenvalue weighted by molar-refractivity contribution is 6.30. The predicted octanol–water partition coefficient (Wildman–Crippen LogP) is 4.14. The summed E-state index contributed by atoms with van der Waals surface area (Å²) < 4.78 is 0. The molecule has 0 amide bonds. The van der Waals surface area contributed by atoms with Gasteiger partial charge >= 0.3 is 0 Å². The number of rotatable bonds is 6. The zero-order valence-electron chi connectivity index (χ0n) is 11.8. The maximum Gasteiger partial charge on any atom is 0.269 e. The molecule has 0 radical (unpaired) electrons. The first-order valence-electron chi connectivity index (χ1n) is 6.82. The molecule has 110 valence electrons. The molecule has 0 aliphatic carbocycles. The van der Waals surface area contributed by atoms with E-state index in [9.17, 15) is 10.1 Å². The van der Waals surface area contributed by atoms with Gasteiger partial charge in [0.25, 0.3) is 5.69 Å². The van der Waals surface area contributed by atoms with Gasteiger partial charge < -0.3 is 5.32 Å². The Morgan fingerprint density at radius 3 is 2.52 bits per heavy atom. The molecule has 1 N–H and O–H groups in total. The van der Waals surface area contributed by atoms with E-state index in [0.717, 1.165) is 24.1 Å². The average Bonchev–Trinajstić information content (AvgIpc) is 2.47. The highest BCUT2D eigenvalue weighted by Crippen LogP contribution is 2.22. The molecular formula is C16H17ClN2O2. The quantitative estimate of drug-likeness (QED) is 0.644. The maximum absolute atomic E-state index is 10.7. The van der Waals surface area contributed by atoms with Gasteiger partial charge in [-0.25, -0.2) is 0 Å². The Hall–Kier alpha value is -1.91. The van der Waals surface area contributed by atoms with Crippen LogP contribution in [0.2, 0.25) is 5.02 Å². The molecule has 0 aliphatic heterocycles. The van der Waals surface area contributed by atoms with Crippen molar-refractivity contribution in [3.63, 3.8) is 0 Å². The van der Waals surface area contributed by atoms with E-state index in [2.05, 4.69) is 5.32 Å². The van der Waals surface area contributed by atoms with Crippen LogP contribution in [0, 0.1) is 10.1 Å². The lowest BCUT2D eigenvalue weighted by molar-refractivity contribution is -0.384. The number of benzene rings is 2. The van der Waals surface area contributed by atoms with Gasteiger partial charge in [0, 0.05) is 23.2 Å². The van der Waals surface area contributed by atoms with Crippen LogP contribution in [0.5, 0.6) is 0 Å². The number of hydrogen-bond acceptors (Lipinski definition) is 3. The second-order valence-corrected chi connectivity index (χ2v) is 5.23. The molecule has 1 unspecified atom stereocenters. The molecule has 0 fully saturated rings. The summed E-state index contributed by atoms with van der Waals surface area (Å²) in [5.74, 6) is 0. The number of halogens is 1. The summed E-state index contributed by atoms with van der Waals surface area (Å²) in [6.45, 7) is 2.89. The van der Waals surface area contributed by atoms with Gasteiger partial charge in [0.15, 0.2) is 0 Å². The van der Waals surface area contributed by atoms with E-state index in [1.165, 1.54) is 12.1 Å². The molecule has 0 heterocycles. The lowest BCUT2D eigenvalue weighted by atomic mass is 9.98. The van der Waals surface area contributed by atoms with Gasteiger partial charge in [-0.1, -0.05) is 42.8 Å². The topological polar surface area (TPSA) is 55.2 Å². The number of nitro groups is 1. The number of nitrogens with zero attached hydrogens (tertiary/aromatic N) is 1. The van der Waals surface area contributed by atoms with Crippen LogP contribution in [0.3, 0.4) is 0 Å². The van der Waals surface area contributed by atoms with Crippen LogP contribution in [-0.2, 0) is 6.42 Å². The SMILES string of the molecule is CCNC(Cc1ccc([N+](=O)[O-])cc1)c1cccc(Cl)c1. The fourth-order valence-electron chi connectivity index (χ4n) is 2.27. The monoisotopic (exact) mass is 304 g/mol. The normalized spacial score (nSPS) is 12.1. The Balaban J connectivity index is 2.17. The van der Waals surface area contributed by atoms with Crippen LogP contribution in [0.15, 0.2) is 48.5 Å². The molecule has 1 atom stereocenters. The zero-order valence-corrected chi connectivity index (χ0v) is 12.5. The van der Waals surface area contributed by atoms with Gasteiger partial charge in [0.2, 0.25) is 0 Å². The Bertz CT molecular complexity index is 614. The number of non-ortho nitro benzene ring substituents is 1. The molecule has 2 rings (SSSR count). The predicted molar refractivity (Wildman–Crippen MR) is 84.7 cm³/mol. The summed E-state index contributed by atoms with van der Waals surface area (Å²) in [4.78, 5) is 10.3. The van der Waals surface area contributed by atoms with Crippen molar-refractivity contribution in [2.75, 3.05) is 6.54 Å². The largest absolute Gasteiger partial charge is 0.310 e. The Morgan fingerprint density at radius 2 is 1.95 bits per heavy atom. The molecule has 2 aromatic rings. The van der Waals surface area contributed by atoms with Crippen molar-refractivity contribution in [3.8, 4) is 0 Å². The average molecular weight is 305 g/mol. The summed E-state index contributed by atoms with van der Waals surface area (Å²) >= 11 is 6.04. The van der Waals surface area contributed by atoms with Crippen molar-refractivity contribution in [2.45, 2.75) is 19.4 Å². The van der Waals surface area contributed by atoms with E-state index in [0.29, 0.717) is 5.02 Å². The summed E-state index contributed by atoms with van der Waals surface area (Å²) in [6, 6.07) is 14.6. The van der Waals surface area contributed by atoms with E-state index in [1.54, 1.807) is 12.1 Å². The minimum Gasteiger partial charge on any atom is -0.310 e. The van der Waals surface area contributed by atoms with Gasteiger partial charge in [-0.05, 0) is 36.2 Å². The summed E-state index contributed by atoms with van der Waals surface area (Å²) in [6.07, 6.45) is 0.756. The molecule has 5 heteroatoms.